The largest absolute Gasteiger partial charge is 0.460 e. The molecule has 0 aromatic heterocycles. The second kappa shape index (κ2) is 6.90. The highest BCUT2D eigenvalue weighted by molar-refractivity contribution is 5.73. The molecule has 0 saturated carbocycles. The van der Waals surface area contributed by atoms with Crippen LogP contribution in [0.15, 0.2) is 0 Å². The molecule has 0 spiro atoms. The summed E-state index contributed by atoms with van der Waals surface area (Å²) in [7, 11) is 0. The van der Waals surface area contributed by atoms with Gasteiger partial charge in [-0.3, -0.25) is 9.69 Å². The van der Waals surface area contributed by atoms with Crippen LogP contribution < -0.4 is 5.32 Å². The van der Waals surface area contributed by atoms with Gasteiger partial charge < -0.3 is 10.1 Å². The van der Waals surface area contributed by atoms with E-state index in [1.165, 1.54) is 0 Å². The van der Waals surface area contributed by atoms with E-state index in [1.54, 1.807) is 0 Å². The molecule has 118 valence electrons. The molecule has 0 unspecified atom stereocenters. The van der Waals surface area contributed by atoms with Gasteiger partial charge in [-0.15, -0.1) is 0 Å². The lowest BCUT2D eigenvalue weighted by Crippen LogP contribution is -2.55. The molecule has 0 aromatic carbocycles. The van der Waals surface area contributed by atoms with Crippen LogP contribution in [0.5, 0.6) is 0 Å². The van der Waals surface area contributed by atoms with Crippen molar-refractivity contribution < 1.29 is 9.53 Å². The quantitative estimate of drug-likeness (QED) is 0.805. The first-order valence-electron chi connectivity index (χ1n) is 7.83. The van der Waals surface area contributed by atoms with Crippen LogP contribution in [0.25, 0.3) is 0 Å². The van der Waals surface area contributed by atoms with Gasteiger partial charge in [0, 0.05) is 31.2 Å². The van der Waals surface area contributed by atoms with E-state index in [4.69, 9.17) is 4.74 Å². The maximum absolute atomic E-state index is 12.2. The van der Waals surface area contributed by atoms with E-state index in [2.05, 4.69) is 37.9 Å². The molecule has 1 saturated heterocycles. The lowest BCUT2D eigenvalue weighted by molar-refractivity contribution is -0.161. The smallest absolute Gasteiger partial charge is 0.310 e. The number of ether oxygens (including phenoxy) is 1. The van der Waals surface area contributed by atoms with Crippen molar-refractivity contribution in [1.82, 2.24) is 10.2 Å². The first kappa shape index (κ1) is 17.4. The van der Waals surface area contributed by atoms with Crippen LogP contribution in [-0.4, -0.2) is 47.7 Å². The fraction of sp³-hybridized carbons (Fsp3) is 0.938. The average molecular weight is 284 g/mol. The highest BCUT2D eigenvalue weighted by Gasteiger charge is 2.34. The van der Waals surface area contributed by atoms with Gasteiger partial charge in [0.25, 0.3) is 0 Å². The third kappa shape index (κ3) is 5.06. The number of nitrogens with zero attached hydrogens (tertiary/aromatic N) is 1. The van der Waals surface area contributed by atoms with E-state index < -0.39 is 5.60 Å². The molecule has 0 aliphatic carbocycles. The standard InChI is InChI=1S/C16H32N2O2/c1-11(2)18(12(3)4)14-8-13(9-17-10-14)15(19)20-16(5,6)7/h11-14,17H,8-10H2,1-7H3/t13-,14-/m1/s1. The summed E-state index contributed by atoms with van der Waals surface area (Å²) >= 11 is 0. The summed E-state index contributed by atoms with van der Waals surface area (Å²) in [6.07, 6.45) is 0.887. The van der Waals surface area contributed by atoms with Crippen LogP contribution in [0.2, 0.25) is 0 Å². The van der Waals surface area contributed by atoms with Crippen molar-refractivity contribution in [3.8, 4) is 0 Å². The van der Waals surface area contributed by atoms with Crippen molar-refractivity contribution in [1.29, 1.82) is 0 Å². The minimum Gasteiger partial charge on any atom is -0.460 e. The Bertz CT molecular complexity index is 313. The number of nitrogens with one attached hydrogen (secondary N) is 1. The van der Waals surface area contributed by atoms with Gasteiger partial charge in [0.15, 0.2) is 0 Å². The molecule has 4 nitrogen and oxygen atoms in total. The van der Waals surface area contributed by atoms with Gasteiger partial charge in [0.2, 0.25) is 0 Å². The number of hydrogen-bond donors (Lipinski definition) is 1. The Balaban J connectivity index is 2.68. The summed E-state index contributed by atoms with van der Waals surface area (Å²) < 4.78 is 5.53. The van der Waals surface area contributed by atoms with Gasteiger partial charge in [-0.05, 0) is 54.9 Å². The van der Waals surface area contributed by atoms with E-state index >= 15 is 0 Å². The first-order valence-corrected chi connectivity index (χ1v) is 7.83. The van der Waals surface area contributed by atoms with E-state index in [9.17, 15) is 4.79 Å². The summed E-state index contributed by atoms with van der Waals surface area (Å²) in [5.41, 5.74) is -0.403. The topological polar surface area (TPSA) is 41.6 Å². The zero-order valence-corrected chi connectivity index (χ0v) is 14.2. The minimum absolute atomic E-state index is 0.0343. The van der Waals surface area contributed by atoms with Gasteiger partial charge >= 0.3 is 5.97 Å². The zero-order chi connectivity index (χ0) is 15.5. The molecule has 1 aliphatic rings. The summed E-state index contributed by atoms with van der Waals surface area (Å²) in [4.78, 5) is 14.7. The molecule has 0 bridgehead atoms. The molecule has 1 aliphatic heterocycles. The van der Waals surface area contributed by atoms with Crippen LogP contribution in [0.3, 0.4) is 0 Å². The number of hydrogen-bond acceptors (Lipinski definition) is 4. The second-order valence-corrected chi connectivity index (χ2v) is 7.41. The van der Waals surface area contributed by atoms with Gasteiger partial charge in [0.05, 0.1) is 5.92 Å². The fourth-order valence-corrected chi connectivity index (χ4v) is 3.15. The monoisotopic (exact) mass is 284 g/mol. The summed E-state index contributed by atoms with van der Waals surface area (Å²) in [6, 6.07) is 1.37. The lowest BCUT2D eigenvalue weighted by atomic mass is 9.93. The van der Waals surface area contributed by atoms with Crippen molar-refractivity contribution in [3.63, 3.8) is 0 Å². The van der Waals surface area contributed by atoms with Gasteiger partial charge in [-0.1, -0.05) is 0 Å². The molecule has 1 rings (SSSR count). The zero-order valence-electron chi connectivity index (χ0n) is 14.2. The van der Waals surface area contributed by atoms with Crippen molar-refractivity contribution in [2.24, 2.45) is 5.92 Å². The Morgan fingerprint density at radius 3 is 2.15 bits per heavy atom. The normalized spacial score (nSPS) is 24.5. The maximum atomic E-state index is 12.2. The molecule has 4 heteroatoms. The predicted molar refractivity (Wildman–Crippen MR) is 82.7 cm³/mol. The maximum Gasteiger partial charge on any atom is 0.310 e. The number of rotatable bonds is 4. The fourth-order valence-electron chi connectivity index (χ4n) is 3.15. The predicted octanol–water partition coefficient (Wildman–Crippen LogP) is 2.42. The highest BCUT2D eigenvalue weighted by atomic mass is 16.6. The van der Waals surface area contributed by atoms with Gasteiger partial charge in [-0.25, -0.2) is 0 Å². The average Bonchev–Trinajstić information content (AvgIpc) is 2.26. The van der Waals surface area contributed by atoms with E-state index in [0.29, 0.717) is 18.1 Å². The molecular formula is C16H32N2O2. The highest BCUT2D eigenvalue weighted by Crippen LogP contribution is 2.23. The molecule has 0 aromatic rings. The number of esters is 1. The third-order valence-corrected chi connectivity index (χ3v) is 3.68. The lowest BCUT2D eigenvalue weighted by Gasteiger charge is -2.42. The molecule has 1 heterocycles. The van der Waals surface area contributed by atoms with Crippen molar-refractivity contribution in [2.75, 3.05) is 13.1 Å². The van der Waals surface area contributed by atoms with Crippen LogP contribution >= 0.6 is 0 Å². The van der Waals surface area contributed by atoms with Gasteiger partial charge in [0.1, 0.15) is 5.60 Å². The second-order valence-electron chi connectivity index (χ2n) is 7.41. The Kier molecular flexibility index (Phi) is 6.02. The number of piperidine rings is 1. The minimum atomic E-state index is -0.403. The van der Waals surface area contributed by atoms with Gasteiger partial charge in [-0.2, -0.15) is 0 Å². The Labute approximate surface area is 124 Å². The Hall–Kier alpha value is -0.610. The molecule has 20 heavy (non-hydrogen) atoms. The van der Waals surface area contributed by atoms with Crippen LogP contribution in [-0.2, 0) is 9.53 Å². The van der Waals surface area contributed by atoms with E-state index in [-0.39, 0.29) is 11.9 Å². The Morgan fingerprint density at radius 2 is 1.70 bits per heavy atom. The van der Waals surface area contributed by atoms with E-state index in [1.807, 2.05) is 20.8 Å². The molecule has 1 fully saturated rings. The third-order valence-electron chi connectivity index (χ3n) is 3.68. The summed E-state index contributed by atoms with van der Waals surface area (Å²) in [5.74, 6) is -0.102. The number of carbonyl (C=O) groups excluding carboxylic acids is 1. The van der Waals surface area contributed by atoms with Crippen LogP contribution in [0.1, 0.15) is 54.9 Å². The molecule has 1 N–H and O–H groups in total. The summed E-state index contributed by atoms with van der Waals surface area (Å²) in [5, 5.41) is 3.40. The SMILES string of the molecule is CC(C)N(C(C)C)[C@H]1CNC[C@H](C(=O)OC(C)(C)C)C1. The van der Waals surface area contributed by atoms with Crippen molar-refractivity contribution in [3.05, 3.63) is 0 Å². The Morgan fingerprint density at radius 1 is 1.15 bits per heavy atom. The number of carbonyl (C=O) groups is 1. The molecule has 0 radical (unpaired) electrons. The van der Waals surface area contributed by atoms with Crippen LogP contribution in [0, 0.1) is 5.92 Å². The van der Waals surface area contributed by atoms with Crippen LogP contribution in [0.4, 0.5) is 0 Å². The van der Waals surface area contributed by atoms with E-state index in [0.717, 1.165) is 19.5 Å². The molecular weight excluding hydrogens is 252 g/mol. The van der Waals surface area contributed by atoms with Crippen molar-refractivity contribution >= 4 is 5.97 Å². The van der Waals surface area contributed by atoms with Crippen molar-refractivity contribution in [2.45, 2.75) is 78.6 Å². The molecule has 0 amide bonds. The molecule has 2 atom stereocenters. The summed E-state index contributed by atoms with van der Waals surface area (Å²) in [6.45, 7) is 16.3. The first-order chi connectivity index (χ1) is 9.11.